The molecule has 1 aromatic carbocycles. The van der Waals surface area contributed by atoms with E-state index in [1.807, 2.05) is 37.4 Å². The van der Waals surface area contributed by atoms with Gasteiger partial charge in [0.2, 0.25) is 0 Å². The van der Waals surface area contributed by atoms with Crippen LogP contribution in [0.5, 0.6) is 5.75 Å². The summed E-state index contributed by atoms with van der Waals surface area (Å²) in [6.07, 6.45) is 2.74. The van der Waals surface area contributed by atoms with E-state index in [1.54, 1.807) is 0 Å². The molecule has 1 fully saturated rings. The highest BCUT2D eigenvalue weighted by atomic mass is 16.5. The molecule has 2 rings (SSSR count). The van der Waals surface area contributed by atoms with Crippen LogP contribution in [0, 0.1) is 0 Å². The number of aliphatic imine (C=N–C) groups is 1. The summed E-state index contributed by atoms with van der Waals surface area (Å²) < 4.78 is 5.77. The van der Waals surface area contributed by atoms with Crippen molar-refractivity contribution in [3.05, 3.63) is 30.3 Å². The van der Waals surface area contributed by atoms with Gasteiger partial charge in [-0.1, -0.05) is 18.2 Å². The molecule has 1 heterocycles. The standard InChI is InChI=1S/C20H34N4O2/c1-3-21-20(22-12-7-13-24-14-10-18(25)11-15-24)23(2)16-17-26-19-8-5-4-6-9-19/h4-6,8-9,18,25H,3,7,10-17H2,1-2H3,(H,21,22). The number of nitrogens with zero attached hydrogens (tertiary/aromatic N) is 3. The van der Waals surface area contributed by atoms with E-state index in [0.29, 0.717) is 6.61 Å². The van der Waals surface area contributed by atoms with Gasteiger partial charge >= 0.3 is 0 Å². The lowest BCUT2D eigenvalue weighted by Crippen LogP contribution is -2.41. The first kappa shape index (κ1) is 20.5. The number of rotatable bonds is 9. The molecular weight excluding hydrogens is 328 g/mol. The van der Waals surface area contributed by atoms with Crippen molar-refractivity contribution in [1.82, 2.24) is 15.1 Å². The first-order valence-electron chi connectivity index (χ1n) is 9.76. The van der Waals surface area contributed by atoms with Crippen molar-refractivity contribution in [3.8, 4) is 5.75 Å². The van der Waals surface area contributed by atoms with Crippen molar-refractivity contribution in [3.63, 3.8) is 0 Å². The number of likely N-dealkylation sites (N-methyl/N-ethyl adjacent to an activating group) is 1. The molecule has 0 unspecified atom stereocenters. The highest BCUT2D eigenvalue weighted by Gasteiger charge is 2.16. The Balaban J connectivity index is 1.68. The number of ether oxygens (including phenoxy) is 1. The molecule has 1 aliphatic heterocycles. The Hall–Kier alpha value is -1.79. The average Bonchev–Trinajstić information content (AvgIpc) is 2.66. The number of aliphatic hydroxyl groups is 1. The largest absolute Gasteiger partial charge is 0.492 e. The third-order valence-corrected chi connectivity index (χ3v) is 4.59. The molecule has 1 aliphatic rings. The maximum Gasteiger partial charge on any atom is 0.193 e. The number of likely N-dealkylation sites (tertiary alicyclic amines) is 1. The van der Waals surface area contributed by atoms with Crippen LogP contribution in [0.4, 0.5) is 0 Å². The predicted octanol–water partition coefficient (Wildman–Crippen LogP) is 1.81. The van der Waals surface area contributed by atoms with Gasteiger partial charge in [0.15, 0.2) is 5.96 Å². The number of aliphatic hydroxyl groups excluding tert-OH is 1. The summed E-state index contributed by atoms with van der Waals surface area (Å²) in [5.74, 6) is 1.83. The fraction of sp³-hybridized carbons (Fsp3) is 0.650. The van der Waals surface area contributed by atoms with Gasteiger partial charge in [0.25, 0.3) is 0 Å². The Morgan fingerprint density at radius 1 is 1.31 bits per heavy atom. The Morgan fingerprint density at radius 3 is 2.73 bits per heavy atom. The van der Waals surface area contributed by atoms with Crippen molar-refractivity contribution < 1.29 is 9.84 Å². The summed E-state index contributed by atoms with van der Waals surface area (Å²) in [4.78, 5) is 9.28. The molecule has 0 aromatic heterocycles. The van der Waals surface area contributed by atoms with Gasteiger partial charge in [-0.25, -0.2) is 0 Å². The molecule has 6 heteroatoms. The molecule has 1 saturated heterocycles. The highest BCUT2D eigenvalue weighted by molar-refractivity contribution is 5.79. The van der Waals surface area contributed by atoms with E-state index in [4.69, 9.17) is 9.73 Å². The molecule has 0 bridgehead atoms. The third-order valence-electron chi connectivity index (χ3n) is 4.59. The number of piperidine rings is 1. The van der Waals surface area contributed by atoms with Crippen LogP contribution in [-0.4, -0.2) is 79.9 Å². The summed E-state index contributed by atoms with van der Waals surface area (Å²) in [5.41, 5.74) is 0. The quantitative estimate of drug-likeness (QED) is 0.399. The Bertz CT molecular complexity index is 516. The van der Waals surface area contributed by atoms with Crippen LogP contribution in [0.3, 0.4) is 0 Å². The number of nitrogens with one attached hydrogen (secondary N) is 1. The zero-order chi connectivity index (χ0) is 18.6. The Kier molecular flexibility index (Phi) is 9.28. The Morgan fingerprint density at radius 2 is 2.04 bits per heavy atom. The van der Waals surface area contributed by atoms with E-state index in [-0.39, 0.29) is 6.10 Å². The molecule has 0 atom stereocenters. The SMILES string of the molecule is CCNC(=NCCCN1CCC(O)CC1)N(C)CCOc1ccccc1. The van der Waals surface area contributed by atoms with Crippen LogP contribution in [0.15, 0.2) is 35.3 Å². The Labute approximate surface area is 157 Å². The smallest absolute Gasteiger partial charge is 0.193 e. The monoisotopic (exact) mass is 362 g/mol. The molecule has 0 spiro atoms. The minimum Gasteiger partial charge on any atom is -0.492 e. The molecule has 1 aromatic rings. The maximum absolute atomic E-state index is 9.56. The molecule has 0 aliphatic carbocycles. The van der Waals surface area contributed by atoms with Gasteiger partial charge in [-0.15, -0.1) is 0 Å². The normalized spacial score (nSPS) is 16.5. The molecule has 26 heavy (non-hydrogen) atoms. The lowest BCUT2D eigenvalue weighted by Gasteiger charge is -2.29. The highest BCUT2D eigenvalue weighted by Crippen LogP contribution is 2.10. The van der Waals surface area contributed by atoms with E-state index >= 15 is 0 Å². The molecule has 146 valence electrons. The van der Waals surface area contributed by atoms with Crippen LogP contribution in [0.25, 0.3) is 0 Å². The zero-order valence-electron chi connectivity index (χ0n) is 16.2. The van der Waals surface area contributed by atoms with Gasteiger partial charge < -0.3 is 25.0 Å². The number of guanidine groups is 1. The van der Waals surface area contributed by atoms with Gasteiger partial charge in [-0.3, -0.25) is 4.99 Å². The summed E-state index contributed by atoms with van der Waals surface area (Å²) in [5, 5.41) is 12.9. The van der Waals surface area contributed by atoms with E-state index in [9.17, 15) is 5.11 Å². The first-order chi connectivity index (χ1) is 12.7. The van der Waals surface area contributed by atoms with Crippen LogP contribution < -0.4 is 10.1 Å². The third kappa shape index (κ3) is 7.62. The molecule has 0 amide bonds. The maximum atomic E-state index is 9.56. The number of para-hydroxylation sites is 1. The number of benzene rings is 1. The van der Waals surface area contributed by atoms with E-state index < -0.39 is 0 Å². The van der Waals surface area contributed by atoms with Gasteiger partial charge in [-0.2, -0.15) is 0 Å². The lowest BCUT2D eigenvalue weighted by atomic mass is 10.1. The van der Waals surface area contributed by atoms with Crippen LogP contribution in [0.2, 0.25) is 0 Å². The van der Waals surface area contributed by atoms with Crippen molar-refractivity contribution in [2.45, 2.75) is 32.3 Å². The van der Waals surface area contributed by atoms with E-state index in [0.717, 1.165) is 70.2 Å². The second-order valence-electron chi connectivity index (χ2n) is 6.75. The van der Waals surface area contributed by atoms with Crippen molar-refractivity contribution >= 4 is 5.96 Å². The van der Waals surface area contributed by atoms with E-state index in [1.165, 1.54) is 0 Å². The van der Waals surface area contributed by atoms with Gasteiger partial charge in [0, 0.05) is 33.2 Å². The van der Waals surface area contributed by atoms with Crippen LogP contribution in [0.1, 0.15) is 26.2 Å². The molecule has 2 N–H and O–H groups in total. The topological polar surface area (TPSA) is 60.3 Å². The van der Waals surface area contributed by atoms with E-state index in [2.05, 4.69) is 22.0 Å². The van der Waals surface area contributed by atoms with Gasteiger partial charge in [0.1, 0.15) is 12.4 Å². The summed E-state index contributed by atoms with van der Waals surface area (Å²) in [6.45, 7) is 8.21. The van der Waals surface area contributed by atoms with Crippen molar-refractivity contribution in [2.24, 2.45) is 4.99 Å². The average molecular weight is 363 g/mol. The predicted molar refractivity (Wildman–Crippen MR) is 107 cm³/mol. The second kappa shape index (κ2) is 11.8. The fourth-order valence-electron chi connectivity index (χ4n) is 3.01. The fourth-order valence-corrected chi connectivity index (χ4v) is 3.01. The molecule has 6 nitrogen and oxygen atoms in total. The minimum atomic E-state index is -0.101. The molecule has 0 saturated carbocycles. The molecule has 0 radical (unpaired) electrons. The van der Waals surface area contributed by atoms with Crippen molar-refractivity contribution in [2.75, 3.05) is 52.9 Å². The first-order valence-corrected chi connectivity index (χ1v) is 9.76. The number of hydrogen-bond acceptors (Lipinski definition) is 4. The van der Waals surface area contributed by atoms with Crippen LogP contribution in [-0.2, 0) is 0 Å². The zero-order valence-corrected chi connectivity index (χ0v) is 16.2. The molecular formula is C20H34N4O2. The summed E-state index contributed by atoms with van der Waals surface area (Å²) >= 11 is 0. The summed E-state index contributed by atoms with van der Waals surface area (Å²) in [7, 11) is 2.04. The summed E-state index contributed by atoms with van der Waals surface area (Å²) in [6, 6.07) is 9.89. The van der Waals surface area contributed by atoms with Gasteiger partial charge in [0.05, 0.1) is 12.6 Å². The number of hydrogen-bond donors (Lipinski definition) is 2. The van der Waals surface area contributed by atoms with Crippen LogP contribution >= 0.6 is 0 Å². The van der Waals surface area contributed by atoms with Crippen molar-refractivity contribution in [1.29, 1.82) is 0 Å². The lowest BCUT2D eigenvalue weighted by molar-refractivity contribution is 0.0824. The van der Waals surface area contributed by atoms with Gasteiger partial charge in [-0.05, 0) is 44.9 Å². The second-order valence-corrected chi connectivity index (χ2v) is 6.75. The minimum absolute atomic E-state index is 0.101.